The summed E-state index contributed by atoms with van der Waals surface area (Å²) in [6, 6.07) is 0. The third-order valence-electron chi connectivity index (χ3n) is 3.04. The van der Waals surface area contributed by atoms with Gasteiger partial charge in [0.05, 0.1) is 0 Å². The lowest BCUT2D eigenvalue weighted by atomic mass is 9.86. The van der Waals surface area contributed by atoms with Gasteiger partial charge in [-0.1, -0.05) is 13.8 Å². The Morgan fingerprint density at radius 2 is 1.46 bits per heavy atom. The first-order chi connectivity index (χ1) is 5.55. The number of hydrogen-bond donors (Lipinski definition) is 0. The van der Waals surface area contributed by atoms with Gasteiger partial charge in [-0.2, -0.15) is 0 Å². The van der Waals surface area contributed by atoms with Gasteiger partial charge in [0.25, 0.3) is 0 Å². The summed E-state index contributed by atoms with van der Waals surface area (Å²) in [6.45, 7) is 17.7. The SMILES string of the molecule is CC1(C)CN(C(C)(C)C)C(C)(C)C1. The zero-order valence-electron chi connectivity index (χ0n) is 10.4. The van der Waals surface area contributed by atoms with Crippen LogP contribution >= 0.6 is 0 Å². The largest absolute Gasteiger partial charge is 0.293 e. The van der Waals surface area contributed by atoms with Crippen molar-refractivity contribution < 1.29 is 0 Å². The average molecular weight is 183 g/mol. The van der Waals surface area contributed by atoms with Crippen LogP contribution in [0.25, 0.3) is 0 Å². The van der Waals surface area contributed by atoms with E-state index in [0.29, 0.717) is 16.5 Å². The van der Waals surface area contributed by atoms with Crippen LogP contribution in [-0.2, 0) is 0 Å². The van der Waals surface area contributed by atoms with Gasteiger partial charge >= 0.3 is 0 Å². The lowest BCUT2D eigenvalue weighted by Gasteiger charge is -2.42. The summed E-state index contributed by atoms with van der Waals surface area (Å²) in [6.07, 6.45) is 1.30. The van der Waals surface area contributed by atoms with E-state index in [-0.39, 0.29) is 0 Å². The number of rotatable bonds is 0. The van der Waals surface area contributed by atoms with Crippen molar-refractivity contribution in [3.63, 3.8) is 0 Å². The van der Waals surface area contributed by atoms with E-state index in [9.17, 15) is 0 Å². The second-order valence-corrected chi connectivity index (χ2v) is 6.91. The summed E-state index contributed by atoms with van der Waals surface area (Å²) < 4.78 is 0. The van der Waals surface area contributed by atoms with Crippen molar-refractivity contribution in [1.29, 1.82) is 0 Å². The molecule has 0 aromatic heterocycles. The van der Waals surface area contributed by atoms with E-state index in [1.807, 2.05) is 0 Å². The maximum absolute atomic E-state index is 2.64. The molecule has 1 saturated heterocycles. The highest BCUT2D eigenvalue weighted by Crippen LogP contribution is 2.44. The second-order valence-electron chi connectivity index (χ2n) is 6.91. The molecule has 1 rings (SSSR count). The third-order valence-corrected chi connectivity index (χ3v) is 3.04. The van der Waals surface area contributed by atoms with Crippen LogP contribution in [0.3, 0.4) is 0 Å². The highest BCUT2D eigenvalue weighted by atomic mass is 15.3. The first-order valence-electron chi connectivity index (χ1n) is 5.32. The number of nitrogens with zero attached hydrogens (tertiary/aromatic N) is 1. The summed E-state index contributed by atoms with van der Waals surface area (Å²) >= 11 is 0. The van der Waals surface area contributed by atoms with Gasteiger partial charge in [0.1, 0.15) is 0 Å². The molecule has 0 N–H and O–H groups in total. The van der Waals surface area contributed by atoms with E-state index in [0.717, 1.165) is 0 Å². The predicted molar refractivity (Wildman–Crippen MR) is 58.9 cm³/mol. The quantitative estimate of drug-likeness (QED) is 0.557. The van der Waals surface area contributed by atoms with Crippen molar-refractivity contribution in [1.82, 2.24) is 4.90 Å². The van der Waals surface area contributed by atoms with Gasteiger partial charge < -0.3 is 0 Å². The van der Waals surface area contributed by atoms with E-state index in [1.54, 1.807) is 0 Å². The predicted octanol–water partition coefficient (Wildman–Crippen LogP) is 3.30. The lowest BCUT2D eigenvalue weighted by molar-refractivity contribution is 0.0655. The Morgan fingerprint density at radius 3 is 1.62 bits per heavy atom. The molecule has 0 bridgehead atoms. The second kappa shape index (κ2) is 2.73. The van der Waals surface area contributed by atoms with Gasteiger partial charge in [0.15, 0.2) is 0 Å². The standard InChI is InChI=1S/C12H25N/c1-10(2,3)13-9-11(4,5)8-12(13,6)7/h8-9H2,1-7H3. The summed E-state index contributed by atoms with van der Waals surface area (Å²) in [5, 5.41) is 0. The van der Waals surface area contributed by atoms with E-state index in [4.69, 9.17) is 0 Å². The van der Waals surface area contributed by atoms with Crippen molar-refractivity contribution in [2.24, 2.45) is 5.41 Å². The van der Waals surface area contributed by atoms with Gasteiger partial charge in [-0.3, -0.25) is 4.90 Å². The van der Waals surface area contributed by atoms with E-state index < -0.39 is 0 Å². The Kier molecular flexibility index (Phi) is 2.31. The molecule has 13 heavy (non-hydrogen) atoms. The average Bonchev–Trinajstić information content (AvgIpc) is 1.97. The van der Waals surface area contributed by atoms with Crippen LogP contribution in [0.15, 0.2) is 0 Å². The van der Waals surface area contributed by atoms with Crippen LogP contribution < -0.4 is 0 Å². The Balaban J connectivity index is 2.89. The summed E-state index contributed by atoms with van der Waals surface area (Å²) in [4.78, 5) is 2.64. The Labute approximate surface area is 83.5 Å². The molecule has 1 heteroatoms. The maximum Gasteiger partial charge on any atom is 0.0164 e. The van der Waals surface area contributed by atoms with Crippen LogP contribution in [-0.4, -0.2) is 22.5 Å². The molecule has 0 amide bonds. The highest BCUT2D eigenvalue weighted by Gasteiger charge is 2.46. The first kappa shape index (κ1) is 11.0. The van der Waals surface area contributed by atoms with E-state index >= 15 is 0 Å². The third kappa shape index (κ3) is 2.25. The van der Waals surface area contributed by atoms with Crippen LogP contribution in [0, 0.1) is 5.41 Å². The molecule has 0 radical (unpaired) electrons. The van der Waals surface area contributed by atoms with E-state index in [2.05, 4.69) is 53.4 Å². The Hall–Kier alpha value is -0.0400. The molecular weight excluding hydrogens is 158 g/mol. The number of likely N-dealkylation sites (tertiary alicyclic amines) is 1. The monoisotopic (exact) mass is 183 g/mol. The molecule has 0 aromatic carbocycles. The van der Waals surface area contributed by atoms with Crippen molar-refractivity contribution in [2.75, 3.05) is 6.54 Å². The lowest BCUT2D eigenvalue weighted by Crippen LogP contribution is -2.50. The van der Waals surface area contributed by atoms with Crippen LogP contribution in [0.2, 0.25) is 0 Å². The van der Waals surface area contributed by atoms with Crippen molar-refractivity contribution in [3.8, 4) is 0 Å². The summed E-state index contributed by atoms with van der Waals surface area (Å²) in [7, 11) is 0. The van der Waals surface area contributed by atoms with Crippen LogP contribution in [0.1, 0.15) is 54.9 Å². The molecule has 0 spiro atoms. The molecule has 1 heterocycles. The molecule has 1 aliphatic rings. The molecule has 0 aromatic rings. The van der Waals surface area contributed by atoms with Crippen LogP contribution in [0.5, 0.6) is 0 Å². The minimum Gasteiger partial charge on any atom is -0.293 e. The normalized spacial score (nSPS) is 27.9. The van der Waals surface area contributed by atoms with Gasteiger partial charge in [-0.15, -0.1) is 0 Å². The topological polar surface area (TPSA) is 3.24 Å². The minimum absolute atomic E-state index is 0.303. The van der Waals surface area contributed by atoms with E-state index in [1.165, 1.54) is 13.0 Å². The van der Waals surface area contributed by atoms with Gasteiger partial charge in [-0.25, -0.2) is 0 Å². The van der Waals surface area contributed by atoms with Crippen molar-refractivity contribution in [3.05, 3.63) is 0 Å². The maximum atomic E-state index is 2.64. The molecule has 1 aliphatic heterocycles. The van der Waals surface area contributed by atoms with Gasteiger partial charge in [0, 0.05) is 17.6 Å². The minimum atomic E-state index is 0.303. The fraction of sp³-hybridized carbons (Fsp3) is 1.00. The zero-order valence-corrected chi connectivity index (χ0v) is 10.4. The zero-order chi connectivity index (χ0) is 10.5. The molecular formula is C12H25N. The number of hydrogen-bond acceptors (Lipinski definition) is 1. The van der Waals surface area contributed by atoms with Crippen molar-refractivity contribution >= 4 is 0 Å². The molecule has 1 nitrogen and oxygen atoms in total. The summed E-state index contributed by atoms with van der Waals surface area (Å²) in [5.74, 6) is 0. The summed E-state index contributed by atoms with van der Waals surface area (Å²) in [5.41, 5.74) is 1.15. The fourth-order valence-electron chi connectivity index (χ4n) is 3.11. The highest BCUT2D eigenvalue weighted by molar-refractivity contribution is 5.01. The molecule has 0 unspecified atom stereocenters. The van der Waals surface area contributed by atoms with Gasteiger partial charge in [0.2, 0.25) is 0 Å². The Morgan fingerprint density at radius 1 is 1.00 bits per heavy atom. The molecule has 0 aliphatic carbocycles. The fourth-order valence-corrected chi connectivity index (χ4v) is 3.11. The van der Waals surface area contributed by atoms with Crippen LogP contribution in [0.4, 0.5) is 0 Å². The Bertz CT molecular complexity index is 196. The molecule has 1 fully saturated rings. The molecule has 0 atom stereocenters. The first-order valence-corrected chi connectivity index (χ1v) is 5.32. The smallest absolute Gasteiger partial charge is 0.0164 e. The van der Waals surface area contributed by atoms with Crippen molar-refractivity contribution in [2.45, 2.75) is 66.0 Å². The van der Waals surface area contributed by atoms with Gasteiger partial charge in [-0.05, 0) is 46.5 Å². The molecule has 78 valence electrons. The molecule has 0 saturated carbocycles.